The highest BCUT2D eigenvalue weighted by molar-refractivity contribution is 8.01. The van der Waals surface area contributed by atoms with Crippen molar-refractivity contribution in [1.82, 2.24) is 9.88 Å². The lowest BCUT2D eigenvalue weighted by Crippen LogP contribution is -2.39. The molecule has 1 aliphatic rings. The summed E-state index contributed by atoms with van der Waals surface area (Å²) in [6.07, 6.45) is 5.84. The molecular weight excluding hydrogens is 308 g/mol. The Bertz CT molecular complexity index is 524. The number of thiazole rings is 1. The van der Waals surface area contributed by atoms with E-state index in [0.717, 1.165) is 24.2 Å². The third-order valence-corrected chi connectivity index (χ3v) is 6.08. The van der Waals surface area contributed by atoms with E-state index in [9.17, 15) is 9.59 Å². The molecule has 0 saturated heterocycles. The molecule has 0 radical (unpaired) electrons. The maximum atomic E-state index is 12.2. The van der Waals surface area contributed by atoms with Gasteiger partial charge in [-0.1, -0.05) is 31.0 Å². The van der Waals surface area contributed by atoms with Crippen LogP contribution >= 0.6 is 23.1 Å². The van der Waals surface area contributed by atoms with Crippen molar-refractivity contribution in [3.05, 3.63) is 10.6 Å². The zero-order valence-corrected chi connectivity index (χ0v) is 13.9. The second kappa shape index (κ2) is 7.26. The van der Waals surface area contributed by atoms with E-state index in [2.05, 4.69) is 4.98 Å². The number of hydrogen-bond donors (Lipinski definition) is 1. The van der Waals surface area contributed by atoms with E-state index in [1.54, 1.807) is 6.92 Å². The van der Waals surface area contributed by atoms with Crippen molar-refractivity contribution in [2.24, 2.45) is 0 Å². The van der Waals surface area contributed by atoms with Crippen LogP contribution in [0.3, 0.4) is 0 Å². The van der Waals surface area contributed by atoms with Gasteiger partial charge < -0.3 is 10.0 Å². The van der Waals surface area contributed by atoms with E-state index in [0.29, 0.717) is 21.8 Å². The van der Waals surface area contributed by atoms with Crippen LogP contribution in [0.2, 0.25) is 0 Å². The Morgan fingerprint density at radius 3 is 2.62 bits per heavy atom. The average molecular weight is 328 g/mol. The van der Waals surface area contributed by atoms with E-state index >= 15 is 0 Å². The molecule has 5 nitrogen and oxygen atoms in total. The molecule has 1 aliphatic carbocycles. The molecule has 1 fully saturated rings. The SMILES string of the molecule is Cc1nc(SCC(=O)N(C)C2CCCCC2)sc1C(=O)O. The molecule has 1 amide bonds. The first-order valence-corrected chi connectivity index (χ1v) is 8.88. The maximum Gasteiger partial charge on any atom is 0.347 e. The van der Waals surface area contributed by atoms with Crippen LogP contribution in [0.25, 0.3) is 0 Å². The second-order valence-electron chi connectivity index (χ2n) is 5.28. The minimum absolute atomic E-state index is 0.0941. The Morgan fingerprint density at radius 1 is 1.38 bits per heavy atom. The Hall–Kier alpha value is -1.08. The van der Waals surface area contributed by atoms with Gasteiger partial charge in [-0.15, -0.1) is 11.3 Å². The molecule has 21 heavy (non-hydrogen) atoms. The van der Waals surface area contributed by atoms with E-state index in [1.165, 1.54) is 31.0 Å². The number of hydrogen-bond acceptors (Lipinski definition) is 5. The molecule has 1 aromatic rings. The number of aromatic nitrogens is 1. The number of aryl methyl sites for hydroxylation is 1. The van der Waals surface area contributed by atoms with Crippen molar-refractivity contribution < 1.29 is 14.7 Å². The number of carbonyl (C=O) groups excluding carboxylic acids is 1. The van der Waals surface area contributed by atoms with Gasteiger partial charge in [0.1, 0.15) is 4.88 Å². The molecule has 1 aromatic heterocycles. The van der Waals surface area contributed by atoms with Gasteiger partial charge in [-0.2, -0.15) is 0 Å². The molecule has 116 valence electrons. The molecule has 0 aromatic carbocycles. The van der Waals surface area contributed by atoms with E-state index in [-0.39, 0.29) is 10.8 Å². The summed E-state index contributed by atoms with van der Waals surface area (Å²) in [6.45, 7) is 1.68. The highest BCUT2D eigenvalue weighted by Gasteiger charge is 2.22. The molecule has 2 rings (SSSR count). The maximum absolute atomic E-state index is 12.2. The number of aromatic carboxylic acids is 1. The molecule has 0 unspecified atom stereocenters. The van der Waals surface area contributed by atoms with Gasteiger partial charge in [0.25, 0.3) is 0 Å². The normalized spacial score (nSPS) is 15.9. The topological polar surface area (TPSA) is 70.5 Å². The summed E-state index contributed by atoms with van der Waals surface area (Å²) >= 11 is 2.46. The van der Waals surface area contributed by atoms with Crippen LogP contribution in [0.1, 0.15) is 47.5 Å². The Kier molecular flexibility index (Phi) is 5.64. The van der Waals surface area contributed by atoms with Crippen LogP contribution in [0.15, 0.2) is 4.34 Å². The first-order chi connectivity index (χ1) is 9.99. The number of thioether (sulfide) groups is 1. The number of carboxylic acid groups (broad SMARTS) is 1. The fourth-order valence-electron chi connectivity index (χ4n) is 2.53. The third-order valence-electron chi connectivity index (χ3n) is 3.81. The average Bonchev–Trinajstić information content (AvgIpc) is 2.86. The first kappa shape index (κ1) is 16.3. The number of carbonyl (C=O) groups is 2. The second-order valence-corrected chi connectivity index (χ2v) is 7.51. The fourth-order valence-corrected chi connectivity index (χ4v) is 4.48. The molecule has 0 aliphatic heterocycles. The van der Waals surface area contributed by atoms with Crippen LogP contribution in [0.4, 0.5) is 0 Å². The third kappa shape index (κ3) is 4.20. The van der Waals surface area contributed by atoms with Crippen LogP contribution < -0.4 is 0 Å². The summed E-state index contributed by atoms with van der Waals surface area (Å²) in [5.74, 6) is -0.543. The number of amides is 1. The minimum atomic E-state index is -0.956. The van der Waals surface area contributed by atoms with E-state index in [1.807, 2.05) is 11.9 Å². The number of rotatable bonds is 5. The van der Waals surface area contributed by atoms with Crippen molar-refractivity contribution in [2.75, 3.05) is 12.8 Å². The predicted molar refractivity (Wildman–Crippen MR) is 84.2 cm³/mol. The number of nitrogens with zero attached hydrogens (tertiary/aromatic N) is 2. The van der Waals surface area contributed by atoms with Crippen molar-refractivity contribution in [2.45, 2.75) is 49.4 Å². The van der Waals surface area contributed by atoms with Gasteiger partial charge in [-0.25, -0.2) is 9.78 Å². The zero-order valence-electron chi connectivity index (χ0n) is 12.3. The highest BCUT2D eigenvalue weighted by Crippen LogP contribution is 2.28. The molecule has 0 spiro atoms. The summed E-state index contributed by atoms with van der Waals surface area (Å²) in [7, 11) is 1.87. The molecule has 1 heterocycles. The smallest absolute Gasteiger partial charge is 0.347 e. The van der Waals surface area contributed by atoms with Crippen LogP contribution in [0.5, 0.6) is 0 Å². The summed E-state index contributed by atoms with van der Waals surface area (Å²) in [4.78, 5) is 29.5. The lowest BCUT2D eigenvalue weighted by molar-refractivity contribution is -0.129. The highest BCUT2D eigenvalue weighted by atomic mass is 32.2. The van der Waals surface area contributed by atoms with Crippen LogP contribution in [-0.2, 0) is 4.79 Å². The van der Waals surface area contributed by atoms with Crippen molar-refractivity contribution in [3.63, 3.8) is 0 Å². The van der Waals surface area contributed by atoms with Crippen molar-refractivity contribution >= 4 is 35.0 Å². The summed E-state index contributed by atoms with van der Waals surface area (Å²) in [5.41, 5.74) is 0.517. The van der Waals surface area contributed by atoms with Crippen molar-refractivity contribution in [3.8, 4) is 0 Å². The molecular formula is C14H20N2O3S2. The molecule has 1 N–H and O–H groups in total. The van der Waals surface area contributed by atoms with E-state index < -0.39 is 5.97 Å². The largest absolute Gasteiger partial charge is 0.477 e. The summed E-state index contributed by atoms with van der Waals surface area (Å²) in [6, 6.07) is 0.361. The Labute approximate surface area is 132 Å². The molecule has 7 heteroatoms. The minimum Gasteiger partial charge on any atom is -0.477 e. The van der Waals surface area contributed by atoms with E-state index in [4.69, 9.17) is 5.11 Å². The predicted octanol–water partition coefficient (Wildman–Crippen LogP) is 3.03. The van der Waals surface area contributed by atoms with Gasteiger partial charge in [0, 0.05) is 13.1 Å². The van der Waals surface area contributed by atoms with Gasteiger partial charge in [0.15, 0.2) is 4.34 Å². The monoisotopic (exact) mass is 328 g/mol. The van der Waals surface area contributed by atoms with Gasteiger partial charge in [0.05, 0.1) is 11.4 Å². The van der Waals surface area contributed by atoms with Gasteiger partial charge >= 0.3 is 5.97 Å². The van der Waals surface area contributed by atoms with Gasteiger partial charge in [0.2, 0.25) is 5.91 Å². The zero-order chi connectivity index (χ0) is 15.4. The first-order valence-electron chi connectivity index (χ1n) is 7.08. The fraction of sp³-hybridized carbons (Fsp3) is 0.643. The lowest BCUT2D eigenvalue weighted by atomic mass is 9.94. The van der Waals surface area contributed by atoms with Crippen LogP contribution in [0, 0.1) is 6.92 Å². The van der Waals surface area contributed by atoms with Gasteiger partial charge in [-0.05, 0) is 19.8 Å². The van der Waals surface area contributed by atoms with Gasteiger partial charge in [-0.3, -0.25) is 4.79 Å². The number of carboxylic acids is 1. The standard InChI is InChI=1S/C14H20N2O3S2/c1-9-12(13(18)19)21-14(15-9)20-8-11(17)16(2)10-6-4-3-5-7-10/h10H,3-8H2,1-2H3,(H,18,19). The van der Waals surface area contributed by atoms with Crippen molar-refractivity contribution in [1.29, 1.82) is 0 Å². The Balaban J connectivity index is 1.88. The molecule has 0 atom stereocenters. The van der Waals surface area contributed by atoms with Crippen LogP contribution in [-0.4, -0.2) is 45.7 Å². The summed E-state index contributed by atoms with van der Waals surface area (Å²) < 4.78 is 0.648. The summed E-state index contributed by atoms with van der Waals surface area (Å²) in [5, 5.41) is 9.00. The molecule has 1 saturated carbocycles. The quantitative estimate of drug-likeness (QED) is 0.841. The Morgan fingerprint density at radius 2 is 2.05 bits per heavy atom. The lowest BCUT2D eigenvalue weighted by Gasteiger charge is -2.31. The molecule has 0 bridgehead atoms.